The van der Waals surface area contributed by atoms with Gasteiger partial charge >= 0.3 is 0 Å². The predicted molar refractivity (Wildman–Crippen MR) is 71.0 cm³/mol. The summed E-state index contributed by atoms with van der Waals surface area (Å²) in [5, 5.41) is 0. The maximum absolute atomic E-state index is 12.9. The van der Waals surface area contributed by atoms with Gasteiger partial charge in [-0.25, -0.2) is 8.78 Å². The Kier molecular flexibility index (Phi) is 4.34. The van der Waals surface area contributed by atoms with E-state index >= 15 is 0 Å². The lowest BCUT2D eigenvalue weighted by Gasteiger charge is -2.07. The van der Waals surface area contributed by atoms with Crippen molar-refractivity contribution in [1.82, 2.24) is 0 Å². The summed E-state index contributed by atoms with van der Waals surface area (Å²) in [6.45, 7) is 0.444. The summed E-state index contributed by atoms with van der Waals surface area (Å²) in [6.07, 6.45) is 1.61. The van der Waals surface area contributed by atoms with Crippen molar-refractivity contribution in [3.8, 4) is 5.75 Å². The Labute approximate surface area is 110 Å². The summed E-state index contributed by atoms with van der Waals surface area (Å²) < 4.78 is 31.0. The third-order valence-electron chi connectivity index (χ3n) is 2.72. The van der Waals surface area contributed by atoms with Crippen molar-refractivity contribution in [2.45, 2.75) is 12.8 Å². The van der Waals surface area contributed by atoms with E-state index in [9.17, 15) is 8.78 Å². The van der Waals surface area contributed by atoms with Crippen LogP contribution in [0.4, 0.5) is 14.5 Å². The molecule has 0 amide bonds. The fraction of sp³-hybridized carbons (Fsp3) is 0.200. The van der Waals surface area contributed by atoms with Crippen LogP contribution in [-0.2, 0) is 6.42 Å². The van der Waals surface area contributed by atoms with Crippen molar-refractivity contribution in [3.05, 3.63) is 59.7 Å². The highest BCUT2D eigenvalue weighted by Crippen LogP contribution is 2.16. The number of aryl methyl sites for hydroxylation is 1. The van der Waals surface area contributed by atoms with Gasteiger partial charge in [-0.2, -0.15) is 0 Å². The Hall–Kier alpha value is -2.10. The second-order valence-corrected chi connectivity index (χ2v) is 4.27. The SMILES string of the molecule is Nc1cccc(CCCOc2ccc(F)c(F)c2)c1. The van der Waals surface area contributed by atoms with Gasteiger partial charge in [-0.3, -0.25) is 0 Å². The van der Waals surface area contributed by atoms with Crippen LogP contribution in [0.25, 0.3) is 0 Å². The van der Waals surface area contributed by atoms with Gasteiger partial charge in [-0.1, -0.05) is 12.1 Å². The maximum atomic E-state index is 12.9. The number of rotatable bonds is 5. The zero-order valence-electron chi connectivity index (χ0n) is 10.4. The van der Waals surface area contributed by atoms with E-state index in [4.69, 9.17) is 10.5 Å². The number of nitrogens with two attached hydrogens (primary N) is 1. The molecule has 0 saturated heterocycles. The second-order valence-electron chi connectivity index (χ2n) is 4.27. The number of ether oxygens (including phenoxy) is 1. The van der Waals surface area contributed by atoms with E-state index in [2.05, 4.69) is 0 Å². The molecule has 0 saturated carbocycles. The highest BCUT2D eigenvalue weighted by Gasteiger charge is 2.03. The van der Waals surface area contributed by atoms with Crippen LogP contribution in [0.1, 0.15) is 12.0 Å². The molecule has 100 valence electrons. The quantitative estimate of drug-likeness (QED) is 0.661. The van der Waals surface area contributed by atoms with Crippen molar-refractivity contribution >= 4 is 5.69 Å². The zero-order chi connectivity index (χ0) is 13.7. The van der Waals surface area contributed by atoms with Gasteiger partial charge in [0, 0.05) is 11.8 Å². The number of hydrogen-bond acceptors (Lipinski definition) is 2. The first-order valence-electron chi connectivity index (χ1n) is 6.07. The van der Waals surface area contributed by atoms with E-state index < -0.39 is 11.6 Å². The molecule has 0 bridgehead atoms. The smallest absolute Gasteiger partial charge is 0.162 e. The Bertz CT molecular complexity index is 558. The molecular formula is C15H15F2NO. The van der Waals surface area contributed by atoms with Gasteiger partial charge in [-0.05, 0) is 42.7 Å². The monoisotopic (exact) mass is 263 g/mol. The zero-order valence-corrected chi connectivity index (χ0v) is 10.4. The molecule has 0 aliphatic heterocycles. The van der Waals surface area contributed by atoms with E-state index in [0.717, 1.165) is 36.2 Å². The van der Waals surface area contributed by atoms with Crippen LogP contribution in [0.3, 0.4) is 0 Å². The maximum Gasteiger partial charge on any atom is 0.162 e. The average Bonchev–Trinajstić information content (AvgIpc) is 2.39. The van der Waals surface area contributed by atoms with E-state index in [1.165, 1.54) is 6.07 Å². The van der Waals surface area contributed by atoms with Crippen LogP contribution in [0.2, 0.25) is 0 Å². The summed E-state index contributed by atoms with van der Waals surface area (Å²) in [7, 11) is 0. The molecule has 0 aliphatic rings. The molecule has 2 nitrogen and oxygen atoms in total. The highest BCUT2D eigenvalue weighted by atomic mass is 19.2. The molecule has 0 aliphatic carbocycles. The van der Waals surface area contributed by atoms with Crippen LogP contribution >= 0.6 is 0 Å². The van der Waals surface area contributed by atoms with Crippen LogP contribution in [-0.4, -0.2) is 6.61 Å². The van der Waals surface area contributed by atoms with Crippen molar-refractivity contribution in [1.29, 1.82) is 0 Å². The number of benzene rings is 2. The largest absolute Gasteiger partial charge is 0.493 e. The first-order valence-corrected chi connectivity index (χ1v) is 6.07. The molecular weight excluding hydrogens is 248 g/mol. The lowest BCUT2D eigenvalue weighted by atomic mass is 10.1. The lowest BCUT2D eigenvalue weighted by molar-refractivity contribution is 0.308. The van der Waals surface area contributed by atoms with Gasteiger partial charge in [0.1, 0.15) is 5.75 Å². The van der Waals surface area contributed by atoms with Crippen molar-refractivity contribution in [2.75, 3.05) is 12.3 Å². The molecule has 0 atom stereocenters. The van der Waals surface area contributed by atoms with E-state index in [1.54, 1.807) is 0 Å². The Balaban J connectivity index is 1.79. The molecule has 2 N–H and O–H groups in total. The molecule has 0 heterocycles. The van der Waals surface area contributed by atoms with Gasteiger partial charge < -0.3 is 10.5 Å². The van der Waals surface area contributed by atoms with Gasteiger partial charge in [0.15, 0.2) is 11.6 Å². The van der Waals surface area contributed by atoms with Gasteiger partial charge in [-0.15, -0.1) is 0 Å². The summed E-state index contributed by atoms with van der Waals surface area (Å²) in [4.78, 5) is 0. The number of anilines is 1. The van der Waals surface area contributed by atoms with E-state index in [0.29, 0.717) is 12.4 Å². The molecule has 0 radical (unpaired) electrons. The second kappa shape index (κ2) is 6.18. The molecule has 2 aromatic rings. The molecule has 4 heteroatoms. The minimum Gasteiger partial charge on any atom is -0.493 e. The first kappa shape index (κ1) is 13.3. The minimum atomic E-state index is -0.895. The van der Waals surface area contributed by atoms with Crippen molar-refractivity contribution < 1.29 is 13.5 Å². The average molecular weight is 263 g/mol. The molecule has 0 spiro atoms. The molecule has 19 heavy (non-hydrogen) atoms. The normalized spacial score (nSPS) is 10.4. The standard InChI is InChI=1S/C15H15F2NO/c16-14-7-6-13(10-15(14)17)19-8-2-4-11-3-1-5-12(18)9-11/h1,3,5-7,9-10H,2,4,8,18H2. The minimum absolute atomic E-state index is 0.339. The van der Waals surface area contributed by atoms with Crippen LogP contribution in [0.5, 0.6) is 5.75 Å². The summed E-state index contributed by atoms with van der Waals surface area (Å²) >= 11 is 0. The lowest BCUT2D eigenvalue weighted by Crippen LogP contribution is -2.00. The van der Waals surface area contributed by atoms with Crippen LogP contribution < -0.4 is 10.5 Å². The number of halogens is 2. The third-order valence-corrected chi connectivity index (χ3v) is 2.72. The van der Waals surface area contributed by atoms with E-state index in [-0.39, 0.29) is 0 Å². The number of nitrogen functional groups attached to an aromatic ring is 1. The van der Waals surface area contributed by atoms with Gasteiger partial charge in [0.05, 0.1) is 6.61 Å². The van der Waals surface area contributed by atoms with Crippen molar-refractivity contribution in [2.24, 2.45) is 0 Å². The van der Waals surface area contributed by atoms with Gasteiger partial charge in [0.25, 0.3) is 0 Å². The van der Waals surface area contributed by atoms with E-state index in [1.807, 2.05) is 24.3 Å². The molecule has 0 fully saturated rings. The fourth-order valence-corrected chi connectivity index (χ4v) is 1.78. The van der Waals surface area contributed by atoms with Gasteiger partial charge in [0.2, 0.25) is 0 Å². The fourth-order valence-electron chi connectivity index (χ4n) is 1.78. The summed E-state index contributed by atoms with van der Waals surface area (Å²) in [6, 6.07) is 11.2. The Morgan fingerprint density at radius 1 is 1.00 bits per heavy atom. The summed E-state index contributed by atoms with van der Waals surface area (Å²) in [5.74, 6) is -1.42. The first-order chi connectivity index (χ1) is 9.15. The summed E-state index contributed by atoms with van der Waals surface area (Å²) in [5.41, 5.74) is 7.54. The topological polar surface area (TPSA) is 35.2 Å². The molecule has 2 rings (SSSR count). The molecule has 0 unspecified atom stereocenters. The molecule has 0 aromatic heterocycles. The Morgan fingerprint density at radius 3 is 2.58 bits per heavy atom. The third kappa shape index (κ3) is 3.95. The highest BCUT2D eigenvalue weighted by molar-refractivity contribution is 5.40. The number of hydrogen-bond donors (Lipinski definition) is 1. The van der Waals surface area contributed by atoms with Crippen LogP contribution in [0, 0.1) is 11.6 Å². The molecule has 2 aromatic carbocycles. The van der Waals surface area contributed by atoms with Crippen molar-refractivity contribution in [3.63, 3.8) is 0 Å². The predicted octanol–water partition coefficient (Wildman–Crippen LogP) is 3.56. The Morgan fingerprint density at radius 2 is 1.84 bits per heavy atom. The van der Waals surface area contributed by atoms with Crippen LogP contribution in [0.15, 0.2) is 42.5 Å².